The summed E-state index contributed by atoms with van der Waals surface area (Å²) in [6.07, 6.45) is 1.11. The van der Waals surface area contributed by atoms with Gasteiger partial charge in [-0.15, -0.1) is 0 Å². The van der Waals surface area contributed by atoms with Gasteiger partial charge < -0.3 is 0 Å². The van der Waals surface area contributed by atoms with Crippen molar-refractivity contribution in [3.05, 3.63) is 76.2 Å². The number of benzene rings is 2. The maximum Gasteiger partial charge on any atom is 0.232 e. The SMILES string of the molecule is CC1(C)CC(=O)C2=C(C1)N(c1cccc(F)c1)C(=O)CC2c1ccccc1Cl. The van der Waals surface area contributed by atoms with Crippen molar-refractivity contribution in [3.8, 4) is 0 Å². The Balaban J connectivity index is 1.93. The predicted molar refractivity (Wildman–Crippen MR) is 108 cm³/mol. The number of Topliss-reactive ketones (excluding diaryl/α,β-unsaturated/α-hetero) is 1. The second-order valence-electron chi connectivity index (χ2n) is 8.29. The van der Waals surface area contributed by atoms with Crippen molar-refractivity contribution < 1.29 is 14.0 Å². The van der Waals surface area contributed by atoms with Crippen LogP contribution in [0.2, 0.25) is 5.02 Å². The lowest BCUT2D eigenvalue weighted by molar-refractivity contribution is -0.121. The van der Waals surface area contributed by atoms with Crippen molar-refractivity contribution in [2.24, 2.45) is 5.41 Å². The molecule has 1 aliphatic heterocycles. The molecule has 0 fully saturated rings. The van der Waals surface area contributed by atoms with Crippen LogP contribution in [0.25, 0.3) is 0 Å². The van der Waals surface area contributed by atoms with Crippen LogP contribution in [0.15, 0.2) is 59.8 Å². The molecule has 0 N–H and O–H groups in total. The zero-order valence-corrected chi connectivity index (χ0v) is 16.6. The fourth-order valence-electron chi connectivity index (χ4n) is 4.35. The van der Waals surface area contributed by atoms with Crippen LogP contribution in [0.3, 0.4) is 0 Å². The van der Waals surface area contributed by atoms with E-state index in [2.05, 4.69) is 0 Å². The minimum absolute atomic E-state index is 0.0325. The van der Waals surface area contributed by atoms with Crippen molar-refractivity contribution in [2.75, 3.05) is 4.90 Å². The molecule has 0 spiro atoms. The van der Waals surface area contributed by atoms with E-state index >= 15 is 0 Å². The molecule has 0 radical (unpaired) electrons. The van der Waals surface area contributed by atoms with E-state index in [-0.39, 0.29) is 29.4 Å². The fraction of sp³-hybridized carbons (Fsp3) is 0.304. The van der Waals surface area contributed by atoms with Gasteiger partial charge in [0.15, 0.2) is 5.78 Å². The van der Waals surface area contributed by atoms with E-state index in [0.717, 1.165) is 5.56 Å². The lowest BCUT2D eigenvalue weighted by Crippen LogP contribution is -2.43. The number of amides is 1. The molecular formula is C23H21ClFNO2. The number of rotatable bonds is 2. The van der Waals surface area contributed by atoms with Crippen LogP contribution in [0.5, 0.6) is 0 Å². The molecule has 2 aromatic carbocycles. The van der Waals surface area contributed by atoms with Gasteiger partial charge in [-0.1, -0.05) is 49.7 Å². The van der Waals surface area contributed by atoms with Gasteiger partial charge in [0.25, 0.3) is 0 Å². The Morgan fingerprint density at radius 3 is 2.54 bits per heavy atom. The minimum Gasteiger partial charge on any atom is -0.294 e. The topological polar surface area (TPSA) is 37.4 Å². The quantitative estimate of drug-likeness (QED) is 0.657. The Labute approximate surface area is 168 Å². The van der Waals surface area contributed by atoms with Crippen LogP contribution < -0.4 is 4.90 Å². The number of carbonyl (C=O) groups excluding carboxylic acids is 2. The van der Waals surface area contributed by atoms with Gasteiger partial charge in [-0.05, 0) is 41.7 Å². The zero-order chi connectivity index (χ0) is 20.1. The summed E-state index contributed by atoms with van der Waals surface area (Å²) in [5.74, 6) is -0.906. The van der Waals surface area contributed by atoms with Crippen LogP contribution in [-0.2, 0) is 9.59 Å². The van der Waals surface area contributed by atoms with E-state index in [1.54, 1.807) is 18.2 Å². The number of carbonyl (C=O) groups is 2. The van der Waals surface area contributed by atoms with Crippen molar-refractivity contribution in [1.29, 1.82) is 0 Å². The van der Waals surface area contributed by atoms with Gasteiger partial charge in [-0.25, -0.2) is 4.39 Å². The number of hydrogen-bond donors (Lipinski definition) is 0. The Morgan fingerprint density at radius 1 is 1.07 bits per heavy atom. The highest BCUT2D eigenvalue weighted by atomic mass is 35.5. The molecule has 1 aliphatic carbocycles. The largest absolute Gasteiger partial charge is 0.294 e. The third-order valence-corrected chi connectivity index (χ3v) is 5.83. The number of ketones is 1. The first kappa shape index (κ1) is 18.9. The maximum atomic E-state index is 13.9. The van der Waals surface area contributed by atoms with Crippen molar-refractivity contribution in [2.45, 2.75) is 39.0 Å². The highest BCUT2D eigenvalue weighted by Gasteiger charge is 2.44. The van der Waals surface area contributed by atoms with E-state index in [1.807, 2.05) is 32.0 Å². The molecule has 1 heterocycles. The first-order chi connectivity index (χ1) is 13.3. The molecule has 3 nitrogen and oxygen atoms in total. The number of anilines is 1. The molecule has 0 aromatic heterocycles. The summed E-state index contributed by atoms with van der Waals surface area (Å²) >= 11 is 6.41. The summed E-state index contributed by atoms with van der Waals surface area (Å²) < 4.78 is 13.9. The molecule has 1 unspecified atom stereocenters. The Bertz CT molecular complexity index is 1010. The lowest BCUT2D eigenvalue weighted by atomic mass is 9.69. The molecule has 0 saturated heterocycles. The summed E-state index contributed by atoms with van der Waals surface area (Å²) in [5.41, 5.74) is 2.28. The molecule has 0 bridgehead atoms. The molecule has 144 valence electrons. The Morgan fingerprint density at radius 2 is 1.82 bits per heavy atom. The van der Waals surface area contributed by atoms with Gasteiger partial charge >= 0.3 is 0 Å². The molecule has 1 atom stereocenters. The fourth-order valence-corrected chi connectivity index (χ4v) is 4.62. The zero-order valence-electron chi connectivity index (χ0n) is 15.8. The Kier molecular flexibility index (Phi) is 4.62. The highest BCUT2D eigenvalue weighted by Crippen LogP contribution is 2.49. The summed E-state index contributed by atoms with van der Waals surface area (Å²) in [6.45, 7) is 4.03. The molecule has 28 heavy (non-hydrogen) atoms. The van der Waals surface area contributed by atoms with Crippen molar-refractivity contribution >= 4 is 29.0 Å². The van der Waals surface area contributed by atoms with Gasteiger partial charge in [-0.2, -0.15) is 0 Å². The normalized spacial score (nSPS) is 21.7. The number of allylic oxidation sites excluding steroid dienone is 2. The van der Waals surface area contributed by atoms with Crippen LogP contribution >= 0.6 is 11.6 Å². The van der Waals surface area contributed by atoms with E-state index in [1.165, 1.54) is 17.0 Å². The number of hydrogen-bond acceptors (Lipinski definition) is 2. The standard InChI is InChI=1S/C23H21ClFNO2/c1-23(2)12-19-22(20(27)13-23)17(16-8-3-4-9-18(16)24)11-21(28)26(19)15-7-5-6-14(25)10-15/h3-10,17H,11-13H2,1-2H3. The third-order valence-electron chi connectivity index (χ3n) is 5.49. The molecule has 2 aromatic rings. The first-order valence-corrected chi connectivity index (χ1v) is 9.74. The summed E-state index contributed by atoms with van der Waals surface area (Å²) in [7, 11) is 0. The lowest BCUT2D eigenvalue weighted by Gasteiger charge is -2.43. The average Bonchev–Trinajstić information content (AvgIpc) is 2.60. The second kappa shape index (κ2) is 6.85. The van der Waals surface area contributed by atoms with Gasteiger partial charge in [-0.3, -0.25) is 14.5 Å². The van der Waals surface area contributed by atoms with E-state index in [0.29, 0.717) is 34.8 Å². The summed E-state index contributed by atoms with van der Waals surface area (Å²) in [4.78, 5) is 27.9. The second-order valence-corrected chi connectivity index (χ2v) is 8.70. The molecular weight excluding hydrogens is 377 g/mol. The van der Waals surface area contributed by atoms with Crippen molar-refractivity contribution in [1.82, 2.24) is 0 Å². The molecule has 1 amide bonds. The van der Waals surface area contributed by atoms with Crippen molar-refractivity contribution in [3.63, 3.8) is 0 Å². The molecule has 4 rings (SSSR count). The number of nitrogens with zero attached hydrogens (tertiary/aromatic N) is 1. The maximum absolute atomic E-state index is 13.9. The predicted octanol–water partition coefficient (Wildman–Crippen LogP) is 5.64. The molecule has 2 aliphatic rings. The minimum atomic E-state index is -0.415. The monoisotopic (exact) mass is 397 g/mol. The first-order valence-electron chi connectivity index (χ1n) is 9.36. The summed E-state index contributed by atoms with van der Waals surface area (Å²) in [5, 5.41) is 0.545. The van der Waals surface area contributed by atoms with Gasteiger partial charge in [0.05, 0.1) is 5.69 Å². The van der Waals surface area contributed by atoms with Gasteiger partial charge in [0.2, 0.25) is 5.91 Å². The molecule has 0 saturated carbocycles. The Hall–Kier alpha value is -2.46. The van der Waals surface area contributed by atoms with Crippen LogP contribution in [0.1, 0.15) is 44.6 Å². The summed E-state index contributed by atoms with van der Waals surface area (Å²) in [6, 6.07) is 13.3. The van der Waals surface area contributed by atoms with Gasteiger partial charge in [0, 0.05) is 35.1 Å². The van der Waals surface area contributed by atoms with Crippen LogP contribution in [0, 0.1) is 11.2 Å². The average molecular weight is 398 g/mol. The van der Waals surface area contributed by atoms with E-state index in [9.17, 15) is 14.0 Å². The van der Waals surface area contributed by atoms with Crippen LogP contribution in [0.4, 0.5) is 10.1 Å². The van der Waals surface area contributed by atoms with E-state index in [4.69, 9.17) is 11.6 Å². The van der Waals surface area contributed by atoms with Gasteiger partial charge in [0.1, 0.15) is 5.82 Å². The smallest absolute Gasteiger partial charge is 0.232 e. The highest BCUT2D eigenvalue weighted by molar-refractivity contribution is 6.31. The van der Waals surface area contributed by atoms with Crippen LogP contribution in [-0.4, -0.2) is 11.7 Å². The number of halogens is 2. The van der Waals surface area contributed by atoms with E-state index < -0.39 is 5.82 Å². The molecule has 5 heteroatoms. The third kappa shape index (κ3) is 3.26.